The van der Waals surface area contributed by atoms with E-state index < -0.39 is 0 Å². The first-order valence-electron chi connectivity index (χ1n) is 5.22. The highest BCUT2D eigenvalue weighted by atomic mass is 79.9. The van der Waals surface area contributed by atoms with Gasteiger partial charge in [-0.25, -0.2) is 0 Å². The van der Waals surface area contributed by atoms with E-state index in [4.69, 9.17) is 18.0 Å². The van der Waals surface area contributed by atoms with E-state index in [0.717, 1.165) is 17.4 Å². The molecular formula is C12H17BrN2S. The monoisotopic (exact) mass is 300 g/mol. The Morgan fingerprint density at radius 3 is 2.50 bits per heavy atom. The molecule has 0 amide bonds. The number of halogens is 1. The molecule has 1 unspecified atom stereocenters. The predicted octanol–water partition coefficient (Wildman–Crippen LogP) is 2.95. The SMILES string of the molecule is CC(CC(N)=S)N(C)Cc1ccc(Br)cc1. The lowest BCUT2D eigenvalue weighted by molar-refractivity contribution is 0.255. The van der Waals surface area contributed by atoms with Crippen molar-refractivity contribution in [1.82, 2.24) is 4.90 Å². The number of nitrogens with two attached hydrogens (primary N) is 1. The van der Waals surface area contributed by atoms with Crippen molar-refractivity contribution in [2.24, 2.45) is 5.73 Å². The van der Waals surface area contributed by atoms with Crippen molar-refractivity contribution in [2.75, 3.05) is 7.05 Å². The summed E-state index contributed by atoms with van der Waals surface area (Å²) in [5.41, 5.74) is 6.84. The van der Waals surface area contributed by atoms with E-state index in [2.05, 4.69) is 59.1 Å². The highest BCUT2D eigenvalue weighted by Gasteiger charge is 2.10. The molecule has 0 spiro atoms. The first-order valence-corrected chi connectivity index (χ1v) is 6.42. The molecule has 0 fully saturated rings. The van der Waals surface area contributed by atoms with E-state index in [-0.39, 0.29) is 0 Å². The third-order valence-electron chi connectivity index (χ3n) is 2.59. The van der Waals surface area contributed by atoms with Crippen LogP contribution in [0.25, 0.3) is 0 Å². The van der Waals surface area contributed by atoms with Crippen LogP contribution in [0.3, 0.4) is 0 Å². The van der Waals surface area contributed by atoms with Gasteiger partial charge in [-0.3, -0.25) is 4.90 Å². The van der Waals surface area contributed by atoms with Crippen LogP contribution in [-0.4, -0.2) is 23.0 Å². The summed E-state index contributed by atoms with van der Waals surface area (Å²) in [5, 5.41) is 0. The Kier molecular flexibility index (Phi) is 5.38. The number of nitrogens with zero attached hydrogens (tertiary/aromatic N) is 1. The smallest absolute Gasteiger partial charge is 0.0742 e. The third kappa shape index (κ3) is 4.60. The maximum atomic E-state index is 5.54. The summed E-state index contributed by atoms with van der Waals surface area (Å²) < 4.78 is 1.11. The molecule has 0 radical (unpaired) electrons. The Labute approximate surface area is 111 Å². The van der Waals surface area contributed by atoms with Gasteiger partial charge >= 0.3 is 0 Å². The van der Waals surface area contributed by atoms with Crippen molar-refractivity contribution in [2.45, 2.75) is 25.9 Å². The van der Waals surface area contributed by atoms with Gasteiger partial charge in [0.05, 0.1) is 4.99 Å². The molecule has 16 heavy (non-hydrogen) atoms. The average Bonchev–Trinajstić information content (AvgIpc) is 2.20. The number of hydrogen-bond donors (Lipinski definition) is 1. The second kappa shape index (κ2) is 6.33. The molecule has 0 aliphatic rings. The highest BCUT2D eigenvalue weighted by molar-refractivity contribution is 9.10. The fraction of sp³-hybridized carbons (Fsp3) is 0.417. The highest BCUT2D eigenvalue weighted by Crippen LogP contribution is 2.13. The lowest BCUT2D eigenvalue weighted by atomic mass is 10.1. The van der Waals surface area contributed by atoms with Gasteiger partial charge in [0.15, 0.2) is 0 Å². The Balaban J connectivity index is 2.53. The minimum atomic E-state index is 0.376. The van der Waals surface area contributed by atoms with Crippen molar-refractivity contribution < 1.29 is 0 Å². The number of benzene rings is 1. The lowest BCUT2D eigenvalue weighted by Crippen LogP contribution is -2.32. The molecule has 2 N–H and O–H groups in total. The van der Waals surface area contributed by atoms with Gasteiger partial charge in [0.1, 0.15) is 0 Å². The molecule has 1 aromatic rings. The summed E-state index contributed by atoms with van der Waals surface area (Å²) in [6, 6.07) is 8.73. The van der Waals surface area contributed by atoms with E-state index in [1.165, 1.54) is 5.56 Å². The summed E-state index contributed by atoms with van der Waals surface area (Å²) in [4.78, 5) is 2.83. The molecule has 0 heterocycles. The van der Waals surface area contributed by atoms with E-state index in [1.54, 1.807) is 0 Å². The molecule has 0 aliphatic heterocycles. The van der Waals surface area contributed by atoms with E-state index in [1.807, 2.05) is 0 Å². The zero-order chi connectivity index (χ0) is 12.1. The van der Waals surface area contributed by atoms with Gasteiger partial charge in [-0.1, -0.05) is 40.3 Å². The van der Waals surface area contributed by atoms with Crippen LogP contribution in [0.5, 0.6) is 0 Å². The fourth-order valence-corrected chi connectivity index (χ4v) is 1.99. The topological polar surface area (TPSA) is 29.3 Å². The minimum Gasteiger partial charge on any atom is -0.393 e. The molecule has 0 aromatic heterocycles. The van der Waals surface area contributed by atoms with Crippen LogP contribution < -0.4 is 5.73 Å². The van der Waals surface area contributed by atoms with Crippen LogP contribution in [0.4, 0.5) is 0 Å². The van der Waals surface area contributed by atoms with E-state index >= 15 is 0 Å². The van der Waals surface area contributed by atoms with Crippen LogP contribution in [0.2, 0.25) is 0 Å². The molecule has 1 rings (SSSR count). The van der Waals surface area contributed by atoms with E-state index in [0.29, 0.717) is 11.0 Å². The molecule has 0 bridgehead atoms. The lowest BCUT2D eigenvalue weighted by Gasteiger charge is -2.24. The molecule has 2 nitrogen and oxygen atoms in total. The van der Waals surface area contributed by atoms with Crippen molar-refractivity contribution in [3.05, 3.63) is 34.3 Å². The molecule has 0 saturated carbocycles. The molecule has 4 heteroatoms. The van der Waals surface area contributed by atoms with Crippen LogP contribution >= 0.6 is 28.1 Å². The molecule has 0 saturated heterocycles. The zero-order valence-electron chi connectivity index (χ0n) is 9.61. The van der Waals surface area contributed by atoms with E-state index in [9.17, 15) is 0 Å². The fourth-order valence-electron chi connectivity index (χ4n) is 1.48. The van der Waals surface area contributed by atoms with Crippen LogP contribution in [-0.2, 0) is 6.54 Å². The van der Waals surface area contributed by atoms with Crippen LogP contribution in [0.15, 0.2) is 28.7 Å². The summed E-state index contributed by atoms with van der Waals surface area (Å²) >= 11 is 8.34. The molecule has 1 aromatic carbocycles. The van der Waals surface area contributed by atoms with Crippen molar-refractivity contribution >= 4 is 33.1 Å². The third-order valence-corrected chi connectivity index (χ3v) is 3.29. The molecule has 0 aliphatic carbocycles. The van der Waals surface area contributed by atoms with Gasteiger partial charge in [0.25, 0.3) is 0 Å². The quantitative estimate of drug-likeness (QED) is 0.848. The second-order valence-electron chi connectivity index (χ2n) is 4.06. The Morgan fingerprint density at radius 2 is 2.00 bits per heavy atom. The van der Waals surface area contributed by atoms with Gasteiger partial charge in [0.2, 0.25) is 0 Å². The molecule has 1 atom stereocenters. The molecule has 88 valence electrons. The van der Waals surface area contributed by atoms with Crippen molar-refractivity contribution in [3.63, 3.8) is 0 Å². The largest absolute Gasteiger partial charge is 0.393 e. The number of thiocarbonyl (C=S) groups is 1. The Bertz CT molecular complexity index is 351. The van der Waals surface area contributed by atoms with Crippen LogP contribution in [0, 0.1) is 0 Å². The standard InChI is InChI=1S/C12H17BrN2S/c1-9(7-12(14)16)15(2)8-10-3-5-11(13)6-4-10/h3-6,9H,7-8H2,1-2H3,(H2,14,16). The first-order chi connectivity index (χ1) is 7.49. The molecular weight excluding hydrogens is 284 g/mol. The number of rotatable bonds is 5. The minimum absolute atomic E-state index is 0.376. The van der Waals surface area contributed by atoms with Crippen molar-refractivity contribution in [3.8, 4) is 0 Å². The normalized spacial score (nSPS) is 12.8. The van der Waals surface area contributed by atoms with Gasteiger partial charge < -0.3 is 5.73 Å². The summed E-state index contributed by atoms with van der Waals surface area (Å²) in [6.07, 6.45) is 0.766. The van der Waals surface area contributed by atoms with Crippen molar-refractivity contribution in [1.29, 1.82) is 0 Å². The van der Waals surface area contributed by atoms with Gasteiger partial charge in [-0.05, 0) is 31.7 Å². The van der Waals surface area contributed by atoms with Gasteiger partial charge in [-0.2, -0.15) is 0 Å². The second-order valence-corrected chi connectivity index (χ2v) is 5.50. The maximum Gasteiger partial charge on any atom is 0.0742 e. The Morgan fingerprint density at radius 1 is 1.44 bits per heavy atom. The predicted molar refractivity (Wildman–Crippen MR) is 76.5 cm³/mol. The Hall–Kier alpha value is -0.450. The number of hydrogen-bond acceptors (Lipinski definition) is 2. The first kappa shape index (κ1) is 13.6. The summed E-state index contributed by atoms with van der Waals surface area (Å²) in [7, 11) is 2.09. The summed E-state index contributed by atoms with van der Waals surface area (Å²) in [6.45, 7) is 3.05. The zero-order valence-corrected chi connectivity index (χ0v) is 12.0. The summed E-state index contributed by atoms with van der Waals surface area (Å²) in [5.74, 6) is 0. The maximum absolute atomic E-state index is 5.54. The average molecular weight is 301 g/mol. The van der Waals surface area contributed by atoms with Gasteiger partial charge in [0, 0.05) is 23.5 Å². The van der Waals surface area contributed by atoms with Crippen LogP contribution in [0.1, 0.15) is 18.9 Å². The van der Waals surface area contributed by atoms with Gasteiger partial charge in [-0.15, -0.1) is 0 Å².